The number of fused-ring (bicyclic) bond motifs is 1. The highest BCUT2D eigenvalue weighted by atomic mass is 35.5. The van der Waals surface area contributed by atoms with E-state index in [9.17, 15) is 0 Å². The van der Waals surface area contributed by atoms with Crippen molar-refractivity contribution >= 4 is 34.3 Å². The Labute approximate surface area is 140 Å². The predicted octanol–water partition coefficient (Wildman–Crippen LogP) is 6.77. The molecular weight excluding hydrogens is 312 g/mol. The van der Waals surface area contributed by atoms with E-state index in [1.165, 1.54) is 10.9 Å². The molecule has 2 aromatic carbocycles. The van der Waals surface area contributed by atoms with Gasteiger partial charge in [-0.3, -0.25) is 0 Å². The maximum atomic E-state index is 6.03. The maximum Gasteiger partial charge on any atom is 0.169 e. The second-order valence-electron chi connectivity index (χ2n) is 6.44. The summed E-state index contributed by atoms with van der Waals surface area (Å²) < 4.78 is 6.03. The summed E-state index contributed by atoms with van der Waals surface area (Å²) in [6.07, 6.45) is 2.04. The molecule has 3 rings (SSSR count). The number of rotatable bonds is 2. The number of benzene rings is 2. The van der Waals surface area contributed by atoms with Crippen molar-refractivity contribution < 1.29 is 4.42 Å². The van der Waals surface area contributed by atoms with E-state index in [0.29, 0.717) is 0 Å². The van der Waals surface area contributed by atoms with Crippen molar-refractivity contribution in [1.82, 2.24) is 0 Å². The van der Waals surface area contributed by atoms with E-state index in [-0.39, 0.29) is 5.41 Å². The van der Waals surface area contributed by atoms with Gasteiger partial charge in [0.05, 0.1) is 0 Å². The van der Waals surface area contributed by atoms with Crippen molar-refractivity contribution in [1.29, 1.82) is 0 Å². The summed E-state index contributed by atoms with van der Waals surface area (Å²) in [4.78, 5) is 0. The monoisotopic (exact) mass is 330 g/mol. The topological polar surface area (TPSA) is 13.1 Å². The van der Waals surface area contributed by atoms with Crippen molar-refractivity contribution in [2.45, 2.75) is 31.3 Å². The van der Waals surface area contributed by atoms with Gasteiger partial charge < -0.3 is 4.42 Å². The standard InChI is InChI=1S/C19H19ClOS/c1-19(2,3)13-7-10-16-15(11-13)17(18(21-16)22-4)12-5-8-14(20)9-6-12/h5-11H,1-4H3. The van der Waals surface area contributed by atoms with Crippen LogP contribution in [0, 0.1) is 0 Å². The SMILES string of the molecule is CSc1oc2ccc(C(C)(C)C)cc2c1-c1ccc(Cl)cc1. The van der Waals surface area contributed by atoms with E-state index in [1.807, 2.05) is 18.4 Å². The van der Waals surface area contributed by atoms with Gasteiger partial charge >= 0.3 is 0 Å². The van der Waals surface area contributed by atoms with Crippen molar-refractivity contribution in [3.05, 3.63) is 53.1 Å². The molecule has 3 aromatic rings. The molecule has 0 N–H and O–H groups in total. The molecule has 0 atom stereocenters. The van der Waals surface area contributed by atoms with E-state index in [1.54, 1.807) is 11.8 Å². The fourth-order valence-electron chi connectivity index (χ4n) is 2.58. The first-order chi connectivity index (χ1) is 10.4. The second-order valence-corrected chi connectivity index (χ2v) is 7.65. The van der Waals surface area contributed by atoms with Gasteiger partial charge in [-0.2, -0.15) is 0 Å². The molecule has 1 heterocycles. The highest BCUT2D eigenvalue weighted by molar-refractivity contribution is 7.98. The third kappa shape index (κ3) is 2.78. The molecule has 0 fully saturated rings. The first kappa shape index (κ1) is 15.5. The first-order valence-corrected chi connectivity index (χ1v) is 8.87. The average molecular weight is 331 g/mol. The molecule has 0 bridgehead atoms. The molecule has 0 aliphatic carbocycles. The van der Waals surface area contributed by atoms with Crippen LogP contribution in [-0.4, -0.2) is 6.26 Å². The van der Waals surface area contributed by atoms with Gasteiger partial charge in [-0.15, -0.1) is 0 Å². The Morgan fingerprint density at radius 1 is 1.00 bits per heavy atom. The van der Waals surface area contributed by atoms with Gasteiger partial charge in [0.1, 0.15) is 5.58 Å². The van der Waals surface area contributed by atoms with Gasteiger partial charge in [0.2, 0.25) is 0 Å². The summed E-state index contributed by atoms with van der Waals surface area (Å²) in [7, 11) is 0. The molecule has 1 aromatic heterocycles. The zero-order chi connectivity index (χ0) is 15.9. The Balaban J connectivity index is 2.28. The Morgan fingerprint density at radius 3 is 2.27 bits per heavy atom. The molecule has 0 amide bonds. The third-order valence-electron chi connectivity index (χ3n) is 3.84. The Morgan fingerprint density at radius 2 is 1.68 bits per heavy atom. The minimum absolute atomic E-state index is 0.113. The van der Waals surface area contributed by atoms with Crippen LogP contribution < -0.4 is 0 Å². The molecule has 0 aliphatic heterocycles. The van der Waals surface area contributed by atoms with Crippen LogP contribution in [0.4, 0.5) is 0 Å². The molecule has 0 saturated carbocycles. The normalized spacial score (nSPS) is 12.0. The van der Waals surface area contributed by atoms with Gasteiger partial charge in [-0.05, 0) is 47.1 Å². The van der Waals surface area contributed by atoms with Crippen molar-refractivity contribution in [2.24, 2.45) is 0 Å². The first-order valence-electron chi connectivity index (χ1n) is 7.27. The second kappa shape index (κ2) is 5.68. The Hall–Kier alpha value is -1.38. The van der Waals surface area contributed by atoms with Crippen LogP contribution in [0.1, 0.15) is 26.3 Å². The number of halogens is 1. The Bertz CT molecular complexity index is 810. The molecular formula is C19H19ClOS. The summed E-state index contributed by atoms with van der Waals surface area (Å²) in [5, 5.41) is 2.86. The fraction of sp³-hybridized carbons (Fsp3) is 0.263. The van der Waals surface area contributed by atoms with Crippen LogP contribution in [-0.2, 0) is 5.41 Å². The lowest BCUT2D eigenvalue weighted by Gasteiger charge is -2.18. The molecule has 0 unspecified atom stereocenters. The molecule has 0 spiro atoms. The summed E-state index contributed by atoms with van der Waals surface area (Å²) in [5.41, 5.74) is 4.65. The molecule has 114 valence electrons. The lowest BCUT2D eigenvalue weighted by atomic mass is 9.86. The predicted molar refractivity (Wildman–Crippen MR) is 97.1 cm³/mol. The van der Waals surface area contributed by atoms with Gasteiger partial charge in [-0.25, -0.2) is 0 Å². The van der Waals surface area contributed by atoms with E-state index in [0.717, 1.165) is 26.8 Å². The highest BCUT2D eigenvalue weighted by Crippen LogP contribution is 2.41. The summed E-state index contributed by atoms with van der Waals surface area (Å²) in [6.45, 7) is 6.68. The summed E-state index contributed by atoms with van der Waals surface area (Å²) in [6, 6.07) is 14.4. The zero-order valence-electron chi connectivity index (χ0n) is 13.2. The molecule has 22 heavy (non-hydrogen) atoms. The number of thioether (sulfide) groups is 1. The smallest absolute Gasteiger partial charge is 0.169 e. The molecule has 3 heteroatoms. The van der Waals surface area contributed by atoms with Crippen LogP contribution in [0.3, 0.4) is 0 Å². The molecule has 1 nitrogen and oxygen atoms in total. The van der Waals surface area contributed by atoms with Crippen LogP contribution in [0.25, 0.3) is 22.1 Å². The highest BCUT2D eigenvalue weighted by Gasteiger charge is 2.19. The van der Waals surface area contributed by atoms with Crippen LogP contribution in [0.15, 0.2) is 52.0 Å². The lowest BCUT2D eigenvalue weighted by molar-refractivity contribution is 0.517. The third-order valence-corrected chi connectivity index (χ3v) is 4.75. The van der Waals surface area contributed by atoms with Crippen molar-refractivity contribution in [2.75, 3.05) is 6.26 Å². The summed E-state index contributed by atoms with van der Waals surface area (Å²) in [5.74, 6) is 0. The molecule has 0 aliphatic rings. The number of hydrogen-bond acceptors (Lipinski definition) is 2. The molecule has 0 radical (unpaired) electrons. The van der Waals surface area contributed by atoms with Crippen LogP contribution in [0.2, 0.25) is 5.02 Å². The van der Waals surface area contributed by atoms with Crippen LogP contribution in [0.5, 0.6) is 0 Å². The maximum absolute atomic E-state index is 6.03. The average Bonchev–Trinajstić information content (AvgIpc) is 2.85. The summed E-state index contributed by atoms with van der Waals surface area (Å²) >= 11 is 7.66. The number of furan rings is 1. The van der Waals surface area contributed by atoms with Gasteiger partial charge in [0, 0.05) is 16.0 Å². The van der Waals surface area contributed by atoms with Crippen LogP contribution >= 0.6 is 23.4 Å². The van der Waals surface area contributed by atoms with Gasteiger partial charge in [0.25, 0.3) is 0 Å². The van der Waals surface area contributed by atoms with Crippen molar-refractivity contribution in [3.63, 3.8) is 0 Å². The lowest BCUT2D eigenvalue weighted by Crippen LogP contribution is -2.10. The van der Waals surface area contributed by atoms with Gasteiger partial charge in [0.15, 0.2) is 5.09 Å². The largest absolute Gasteiger partial charge is 0.449 e. The fourth-order valence-corrected chi connectivity index (χ4v) is 3.31. The number of hydrogen-bond donors (Lipinski definition) is 0. The quantitative estimate of drug-likeness (QED) is 0.481. The minimum Gasteiger partial charge on any atom is -0.449 e. The zero-order valence-corrected chi connectivity index (χ0v) is 14.8. The van der Waals surface area contributed by atoms with E-state index in [4.69, 9.17) is 16.0 Å². The minimum atomic E-state index is 0.113. The molecule has 0 saturated heterocycles. The van der Waals surface area contributed by atoms with E-state index >= 15 is 0 Å². The van der Waals surface area contributed by atoms with Gasteiger partial charge in [-0.1, -0.05) is 62.3 Å². The van der Waals surface area contributed by atoms with E-state index in [2.05, 4.69) is 51.1 Å². The van der Waals surface area contributed by atoms with Crippen molar-refractivity contribution in [3.8, 4) is 11.1 Å². The van der Waals surface area contributed by atoms with E-state index < -0.39 is 0 Å². The Kier molecular flexibility index (Phi) is 4.00.